The van der Waals surface area contributed by atoms with Gasteiger partial charge in [0, 0.05) is 13.8 Å². The molecule has 0 aromatic heterocycles. The monoisotopic (exact) mass is 316 g/mol. The van der Waals surface area contributed by atoms with Crippen LogP contribution in [0.1, 0.15) is 25.0 Å². The molecular weight excluding hydrogens is 296 g/mol. The molecule has 2 aromatic carbocycles. The predicted octanol–water partition coefficient (Wildman–Crippen LogP) is 4.66. The third-order valence-electron chi connectivity index (χ3n) is 2.95. The number of nitrogens with zero attached hydrogens (tertiary/aromatic N) is 2. The second kappa shape index (κ2) is 9.74. The number of benzene rings is 2. The van der Waals surface area contributed by atoms with E-state index < -0.39 is 0 Å². The van der Waals surface area contributed by atoms with Gasteiger partial charge in [0.15, 0.2) is 11.8 Å². The summed E-state index contributed by atoms with van der Waals surface area (Å²) in [5, 5.41) is 0. The summed E-state index contributed by atoms with van der Waals surface area (Å²) in [7, 11) is 0. The molecule has 116 valence electrons. The number of hydrogen-bond acceptors (Lipinski definition) is 3. The lowest BCUT2D eigenvalue weighted by Gasteiger charge is -2.05. The number of rotatable bonds is 4. The van der Waals surface area contributed by atoms with Crippen LogP contribution >= 0.6 is 12.4 Å². The molecule has 0 heterocycles. The Hall–Kier alpha value is -2.13. The normalized spacial score (nSPS) is 11.7. The zero-order valence-electron chi connectivity index (χ0n) is 12.9. The van der Waals surface area contributed by atoms with Gasteiger partial charge in [0.25, 0.3) is 0 Å². The highest BCUT2D eigenvalue weighted by Gasteiger charge is 1.97. The number of hydrogen-bond donors (Lipinski definition) is 0. The molecule has 0 saturated carbocycles. The summed E-state index contributed by atoms with van der Waals surface area (Å²) in [5.41, 5.74) is 2.33. The number of aliphatic imine (C=N–C) groups is 2. The maximum atomic E-state index is 5.59. The molecular formula is C18H21ClN2O. The van der Waals surface area contributed by atoms with E-state index in [9.17, 15) is 0 Å². The van der Waals surface area contributed by atoms with Crippen LogP contribution in [0.5, 0.6) is 0 Å². The van der Waals surface area contributed by atoms with Crippen molar-refractivity contribution >= 4 is 24.2 Å². The third-order valence-corrected chi connectivity index (χ3v) is 2.95. The van der Waals surface area contributed by atoms with Gasteiger partial charge in [-0.3, -0.25) is 9.98 Å². The smallest absolute Gasteiger partial charge is 0.188 e. The van der Waals surface area contributed by atoms with Gasteiger partial charge in [-0.2, -0.15) is 0 Å². The summed E-state index contributed by atoms with van der Waals surface area (Å²) in [6.07, 6.45) is 0. The predicted molar refractivity (Wildman–Crippen MR) is 94.8 cm³/mol. The molecule has 4 heteroatoms. The molecule has 0 unspecified atom stereocenters. The average molecular weight is 317 g/mol. The molecule has 0 aliphatic heterocycles. The van der Waals surface area contributed by atoms with Gasteiger partial charge in [-0.05, 0) is 11.1 Å². The van der Waals surface area contributed by atoms with E-state index in [2.05, 4.69) is 9.98 Å². The lowest BCUT2D eigenvalue weighted by molar-refractivity contribution is 0.527. The topological polar surface area (TPSA) is 34.0 Å². The molecule has 0 fully saturated rings. The van der Waals surface area contributed by atoms with E-state index in [-0.39, 0.29) is 12.4 Å². The average Bonchev–Trinajstić information content (AvgIpc) is 2.53. The molecule has 0 atom stereocenters. The highest BCUT2D eigenvalue weighted by atomic mass is 35.5. The van der Waals surface area contributed by atoms with E-state index >= 15 is 0 Å². The van der Waals surface area contributed by atoms with Crippen molar-refractivity contribution in [1.29, 1.82) is 0 Å². The Morgan fingerprint density at radius 1 is 0.727 bits per heavy atom. The molecule has 0 aliphatic rings. The second-order valence-electron chi connectivity index (χ2n) is 4.74. The largest absolute Gasteiger partial charge is 0.430 e. The van der Waals surface area contributed by atoms with Gasteiger partial charge in [0.05, 0.1) is 13.1 Å². The van der Waals surface area contributed by atoms with Crippen LogP contribution in [-0.4, -0.2) is 11.8 Å². The number of ether oxygens (including phenoxy) is 1. The first-order valence-electron chi connectivity index (χ1n) is 7.02. The molecule has 2 rings (SSSR count). The third kappa shape index (κ3) is 6.55. The molecule has 0 spiro atoms. The first kappa shape index (κ1) is 17.9. The summed E-state index contributed by atoms with van der Waals surface area (Å²) < 4.78 is 5.59. The van der Waals surface area contributed by atoms with Gasteiger partial charge in [-0.25, -0.2) is 0 Å². The maximum Gasteiger partial charge on any atom is 0.188 e. The highest BCUT2D eigenvalue weighted by molar-refractivity contribution is 5.88. The van der Waals surface area contributed by atoms with Gasteiger partial charge in [0.2, 0.25) is 0 Å². The van der Waals surface area contributed by atoms with Crippen LogP contribution in [-0.2, 0) is 17.8 Å². The Bertz CT molecular complexity index is 554. The molecule has 2 aromatic rings. The Labute approximate surface area is 138 Å². The van der Waals surface area contributed by atoms with Crippen molar-refractivity contribution in [3.05, 3.63) is 71.8 Å². The van der Waals surface area contributed by atoms with Crippen LogP contribution in [0.15, 0.2) is 70.6 Å². The molecule has 0 N–H and O–H groups in total. The van der Waals surface area contributed by atoms with Crippen LogP contribution in [0.2, 0.25) is 0 Å². The van der Waals surface area contributed by atoms with Gasteiger partial charge in [-0.1, -0.05) is 60.7 Å². The van der Waals surface area contributed by atoms with Crippen molar-refractivity contribution in [2.24, 2.45) is 9.98 Å². The Morgan fingerprint density at radius 3 is 1.45 bits per heavy atom. The summed E-state index contributed by atoms with van der Waals surface area (Å²) in [6.45, 7) is 4.95. The van der Waals surface area contributed by atoms with Gasteiger partial charge < -0.3 is 4.74 Å². The van der Waals surface area contributed by atoms with Crippen LogP contribution < -0.4 is 0 Å². The quantitative estimate of drug-likeness (QED) is 0.596. The minimum atomic E-state index is 0. The van der Waals surface area contributed by atoms with E-state index in [1.807, 2.05) is 74.5 Å². The lowest BCUT2D eigenvalue weighted by Crippen LogP contribution is -2.06. The zero-order chi connectivity index (χ0) is 14.9. The standard InChI is InChI=1S/C18H20N2O.ClH/c1-15(19-13-17-9-5-3-6-10-17)21-16(2)20-14-18-11-7-4-8-12-18;/h3-12H,13-14H2,1-2H3;1H. The summed E-state index contributed by atoms with van der Waals surface area (Å²) >= 11 is 0. The van der Waals surface area contributed by atoms with Gasteiger partial charge >= 0.3 is 0 Å². The SMILES string of the molecule is CC(=NCc1ccccc1)OC(C)=NCc1ccccc1.Cl. The van der Waals surface area contributed by atoms with Crippen LogP contribution in [0.25, 0.3) is 0 Å². The van der Waals surface area contributed by atoms with E-state index in [1.54, 1.807) is 0 Å². The van der Waals surface area contributed by atoms with Crippen LogP contribution in [0.4, 0.5) is 0 Å². The fourth-order valence-corrected chi connectivity index (χ4v) is 1.85. The van der Waals surface area contributed by atoms with Crippen molar-refractivity contribution in [3.63, 3.8) is 0 Å². The zero-order valence-corrected chi connectivity index (χ0v) is 13.7. The highest BCUT2D eigenvalue weighted by Crippen LogP contribution is 2.03. The van der Waals surface area contributed by atoms with Crippen molar-refractivity contribution < 1.29 is 4.74 Å². The van der Waals surface area contributed by atoms with E-state index in [1.165, 1.54) is 11.1 Å². The molecule has 0 aliphatic carbocycles. The first-order valence-corrected chi connectivity index (χ1v) is 7.02. The molecule has 22 heavy (non-hydrogen) atoms. The minimum absolute atomic E-state index is 0. The molecule has 0 radical (unpaired) electrons. The van der Waals surface area contributed by atoms with Gasteiger partial charge in [-0.15, -0.1) is 12.4 Å². The maximum absolute atomic E-state index is 5.59. The fraction of sp³-hybridized carbons (Fsp3) is 0.222. The van der Waals surface area contributed by atoms with E-state index in [4.69, 9.17) is 4.74 Å². The van der Waals surface area contributed by atoms with Crippen LogP contribution in [0.3, 0.4) is 0 Å². The van der Waals surface area contributed by atoms with E-state index in [0.717, 1.165) is 0 Å². The lowest BCUT2D eigenvalue weighted by atomic mass is 10.2. The summed E-state index contributed by atoms with van der Waals surface area (Å²) in [6, 6.07) is 20.2. The first-order chi connectivity index (χ1) is 10.2. The van der Waals surface area contributed by atoms with Crippen molar-refractivity contribution in [2.45, 2.75) is 26.9 Å². The Morgan fingerprint density at radius 2 is 1.09 bits per heavy atom. The number of halogens is 1. The Balaban J connectivity index is 0.00000242. The fourth-order valence-electron chi connectivity index (χ4n) is 1.85. The second-order valence-corrected chi connectivity index (χ2v) is 4.74. The molecule has 0 bridgehead atoms. The van der Waals surface area contributed by atoms with Crippen LogP contribution in [0, 0.1) is 0 Å². The van der Waals surface area contributed by atoms with Crippen molar-refractivity contribution in [3.8, 4) is 0 Å². The Kier molecular flexibility index (Phi) is 7.94. The minimum Gasteiger partial charge on any atom is -0.430 e. The van der Waals surface area contributed by atoms with E-state index in [0.29, 0.717) is 24.9 Å². The molecule has 0 amide bonds. The van der Waals surface area contributed by atoms with Crippen molar-refractivity contribution in [2.75, 3.05) is 0 Å². The van der Waals surface area contributed by atoms with Gasteiger partial charge in [0.1, 0.15) is 0 Å². The molecule has 0 saturated heterocycles. The summed E-state index contributed by atoms with van der Waals surface area (Å²) in [5.74, 6) is 1.27. The van der Waals surface area contributed by atoms with Crippen molar-refractivity contribution in [1.82, 2.24) is 0 Å². The molecule has 3 nitrogen and oxygen atoms in total. The summed E-state index contributed by atoms with van der Waals surface area (Å²) in [4.78, 5) is 8.81.